The lowest BCUT2D eigenvalue weighted by Crippen LogP contribution is -2.44. The molecule has 19 heavy (non-hydrogen) atoms. The van der Waals surface area contributed by atoms with Gasteiger partial charge in [0.2, 0.25) is 0 Å². The molecule has 1 aromatic rings. The van der Waals surface area contributed by atoms with E-state index in [-0.39, 0.29) is 18.2 Å². The first-order valence-electron chi connectivity index (χ1n) is 6.25. The molecule has 7 heteroatoms. The molecule has 0 bridgehead atoms. The average molecular weight is 286 g/mol. The Hall–Kier alpha value is -1.56. The number of halogens is 1. The molecule has 1 amide bonds. The third-order valence-electron chi connectivity index (χ3n) is 2.77. The van der Waals surface area contributed by atoms with Crippen LogP contribution in [-0.2, 0) is 4.74 Å². The molecule has 104 valence electrons. The zero-order chi connectivity index (χ0) is 13.7. The van der Waals surface area contributed by atoms with Gasteiger partial charge in [0.25, 0.3) is 0 Å². The van der Waals surface area contributed by atoms with Crippen molar-refractivity contribution in [2.75, 3.05) is 19.7 Å². The van der Waals surface area contributed by atoms with E-state index < -0.39 is 0 Å². The molecule has 1 saturated heterocycles. The first-order chi connectivity index (χ1) is 9.19. The SMILES string of the molecule is CCOC(=O)N1CCC[C@@H](Oc2ncc(Cl)cn2)C1. The number of hydrogen-bond acceptors (Lipinski definition) is 5. The van der Waals surface area contributed by atoms with E-state index in [1.807, 2.05) is 0 Å². The number of aromatic nitrogens is 2. The highest BCUT2D eigenvalue weighted by Gasteiger charge is 2.26. The fraction of sp³-hybridized carbons (Fsp3) is 0.583. The summed E-state index contributed by atoms with van der Waals surface area (Å²) in [5.41, 5.74) is 0. The molecule has 0 saturated carbocycles. The maximum Gasteiger partial charge on any atom is 0.409 e. The number of likely N-dealkylation sites (tertiary alicyclic amines) is 1. The van der Waals surface area contributed by atoms with Crippen LogP contribution in [0.5, 0.6) is 6.01 Å². The van der Waals surface area contributed by atoms with Gasteiger partial charge >= 0.3 is 12.1 Å². The normalized spacial score (nSPS) is 19.1. The number of amides is 1. The van der Waals surface area contributed by atoms with Crippen LogP contribution in [0.2, 0.25) is 5.02 Å². The van der Waals surface area contributed by atoms with Crippen molar-refractivity contribution in [1.82, 2.24) is 14.9 Å². The van der Waals surface area contributed by atoms with Crippen molar-refractivity contribution in [2.24, 2.45) is 0 Å². The van der Waals surface area contributed by atoms with E-state index in [0.29, 0.717) is 24.7 Å². The van der Waals surface area contributed by atoms with Crippen LogP contribution in [-0.4, -0.2) is 46.8 Å². The van der Waals surface area contributed by atoms with Crippen LogP contribution < -0.4 is 4.74 Å². The van der Waals surface area contributed by atoms with Gasteiger partial charge in [0.1, 0.15) is 6.10 Å². The van der Waals surface area contributed by atoms with E-state index in [9.17, 15) is 4.79 Å². The molecule has 0 N–H and O–H groups in total. The Morgan fingerprint density at radius 1 is 1.53 bits per heavy atom. The van der Waals surface area contributed by atoms with Gasteiger partial charge in [0, 0.05) is 6.54 Å². The Labute approximate surface area is 116 Å². The molecule has 0 spiro atoms. The van der Waals surface area contributed by atoms with Gasteiger partial charge in [0.15, 0.2) is 0 Å². The van der Waals surface area contributed by atoms with E-state index in [1.165, 1.54) is 12.4 Å². The van der Waals surface area contributed by atoms with E-state index in [1.54, 1.807) is 11.8 Å². The lowest BCUT2D eigenvalue weighted by atomic mass is 10.1. The number of carbonyl (C=O) groups excluding carboxylic acids is 1. The van der Waals surface area contributed by atoms with Crippen LogP contribution in [0.3, 0.4) is 0 Å². The van der Waals surface area contributed by atoms with Gasteiger partial charge in [-0.05, 0) is 19.8 Å². The maximum atomic E-state index is 11.6. The minimum absolute atomic E-state index is 0.112. The highest BCUT2D eigenvalue weighted by Crippen LogP contribution is 2.16. The molecule has 0 unspecified atom stereocenters. The Bertz CT molecular complexity index is 427. The van der Waals surface area contributed by atoms with Crippen LogP contribution in [0.1, 0.15) is 19.8 Å². The molecule has 1 aliphatic rings. The maximum absolute atomic E-state index is 11.6. The molecule has 1 fully saturated rings. The summed E-state index contributed by atoms with van der Waals surface area (Å²) >= 11 is 5.70. The average Bonchev–Trinajstić information content (AvgIpc) is 2.42. The number of nitrogens with zero attached hydrogens (tertiary/aromatic N) is 3. The number of piperidine rings is 1. The van der Waals surface area contributed by atoms with Gasteiger partial charge in [-0.25, -0.2) is 14.8 Å². The Kier molecular flexibility index (Phi) is 4.79. The topological polar surface area (TPSA) is 64.5 Å². The number of carbonyl (C=O) groups is 1. The summed E-state index contributed by atoms with van der Waals surface area (Å²) in [6.07, 6.45) is 4.29. The van der Waals surface area contributed by atoms with Crippen LogP contribution in [0.4, 0.5) is 4.79 Å². The zero-order valence-corrected chi connectivity index (χ0v) is 11.5. The Balaban J connectivity index is 1.90. The Morgan fingerprint density at radius 2 is 2.26 bits per heavy atom. The standard InChI is InChI=1S/C12H16ClN3O3/c1-2-18-12(17)16-5-3-4-10(8-16)19-11-14-6-9(13)7-15-11/h6-7,10H,2-5,8H2,1H3/t10-/m1/s1. The molecule has 0 aromatic carbocycles. The molecule has 1 aromatic heterocycles. The second kappa shape index (κ2) is 6.56. The van der Waals surface area contributed by atoms with E-state index in [0.717, 1.165) is 12.8 Å². The first-order valence-corrected chi connectivity index (χ1v) is 6.62. The van der Waals surface area contributed by atoms with Crippen molar-refractivity contribution >= 4 is 17.7 Å². The molecular formula is C12H16ClN3O3. The highest BCUT2D eigenvalue weighted by molar-refractivity contribution is 6.30. The van der Waals surface area contributed by atoms with Gasteiger partial charge in [0.05, 0.1) is 30.6 Å². The van der Waals surface area contributed by atoms with Crippen LogP contribution in [0.25, 0.3) is 0 Å². The van der Waals surface area contributed by atoms with Gasteiger partial charge in [-0.1, -0.05) is 11.6 Å². The summed E-state index contributed by atoms with van der Waals surface area (Å²) < 4.78 is 10.6. The number of hydrogen-bond donors (Lipinski definition) is 0. The molecule has 0 radical (unpaired) electrons. The van der Waals surface area contributed by atoms with Crippen LogP contribution >= 0.6 is 11.6 Å². The third-order valence-corrected chi connectivity index (χ3v) is 2.97. The van der Waals surface area contributed by atoms with Gasteiger partial charge in [-0.2, -0.15) is 0 Å². The second-order valence-electron chi connectivity index (χ2n) is 4.21. The molecule has 1 aliphatic heterocycles. The van der Waals surface area contributed by atoms with Crippen molar-refractivity contribution in [2.45, 2.75) is 25.9 Å². The van der Waals surface area contributed by atoms with Crippen molar-refractivity contribution < 1.29 is 14.3 Å². The second-order valence-corrected chi connectivity index (χ2v) is 4.65. The summed E-state index contributed by atoms with van der Waals surface area (Å²) in [6, 6.07) is 0.278. The third kappa shape index (κ3) is 3.96. The summed E-state index contributed by atoms with van der Waals surface area (Å²) in [5, 5.41) is 0.462. The van der Waals surface area contributed by atoms with Gasteiger partial charge < -0.3 is 14.4 Å². The minimum Gasteiger partial charge on any atom is -0.458 e. The minimum atomic E-state index is -0.298. The molecule has 6 nitrogen and oxygen atoms in total. The fourth-order valence-corrected chi connectivity index (χ4v) is 2.02. The predicted octanol–water partition coefficient (Wildman–Crippen LogP) is 2.13. The molecular weight excluding hydrogens is 270 g/mol. The molecule has 1 atom stereocenters. The van der Waals surface area contributed by atoms with Crippen molar-refractivity contribution in [3.63, 3.8) is 0 Å². The van der Waals surface area contributed by atoms with Crippen molar-refractivity contribution in [3.8, 4) is 6.01 Å². The quantitative estimate of drug-likeness (QED) is 0.851. The lowest BCUT2D eigenvalue weighted by Gasteiger charge is -2.31. The predicted molar refractivity (Wildman–Crippen MR) is 69.3 cm³/mol. The smallest absolute Gasteiger partial charge is 0.409 e. The van der Waals surface area contributed by atoms with Crippen LogP contribution in [0.15, 0.2) is 12.4 Å². The molecule has 0 aliphatic carbocycles. The summed E-state index contributed by atoms with van der Waals surface area (Å²) in [6.45, 7) is 3.35. The molecule has 2 heterocycles. The zero-order valence-electron chi connectivity index (χ0n) is 10.7. The van der Waals surface area contributed by atoms with Gasteiger partial charge in [-0.15, -0.1) is 0 Å². The first kappa shape index (κ1) is 13.9. The summed E-state index contributed by atoms with van der Waals surface area (Å²) in [7, 11) is 0. The number of ether oxygens (including phenoxy) is 2. The Morgan fingerprint density at radius 3 is 2.95 bits per heavy atom. The lowest BCUT2D eigenvalue weighted by molar-refractivity contribution is 0.0575. The van der Waals surface area contributed by atoms with Gasteiger partial charge in [-0.3, -0.25) is 0 Å². The summed E-state index contributed by atoms with van der Waals surface area (Å²) in [5.74, 6) is 0. The van der Waals surface area contributed by atoms with Crippen molar-refractivity contribution in [1.29, 1.82) is 0 Å². The highest BCUT2D eigenvalue weighted by atomic mass is 35.5. The number of rotatable bonds is 3. The van der Waals surface area contributed by atoms with E-state index in [2.05, 4.69) is 9.97 Å². The van der Waals surface area contributed by atoms with Crippen molar-refractivity contribution in [3.05, 3.63) is 17.4 Å². The van der Waals surface area contributed by atoms with E-state index >= 15 is 0 Å². The van der Waals surface area contributed by atoms with Crippen LogP contribution in [0, 0.1) is 0 Å². The summed E-state index contributed by atoms with van der Waals surface area (Å²) in [4.78, 5) is 21.2. The largest absolute Gasteiger partial charge is 0.458 e. The monoisotopic (exact) mass is 285 g/mol. The molecule has 2 rings (SSSR count). The fourth-order valence-electron chi connectivity index (χ4n) is 1.93. The van der Waals surface area contributed by atoms with E-state index in [4.69, 9.17) is 21.1 Å².